The summed E-state index contributed by atoms with van der Waals surface area (Å²) in [7, 11) is 0. The second kappa shape index (κ2) is 6.04. The topological polar surface area (TPSA) is 67.2 Å². The number of phenolic OH excluding ortho intramolecular Hbond substituents is 1. The molecule has 2 N–H and O–H groups in total. The summed E-state index contributed by atoms with van der Waals surface area (Å²) in [5.74, 6) is 0.0500. The summed E-state index contributed by atoms with van der Waals surface area (Å²) < 4.78 is 1.91. The molecule has 1 unspecified atom stereocenters. The van der Waals surface area contributed by atoms with Crippen LogP contribution in [-0.4, -0.2) is 26.6 Å². The monoisotopic (exact) mass is 259 g/mol. The molecule has 0 spiro atoms. The van der Waals surface area contributed by atoms with Gasteiger partial charge in [-0.05, 0) is 13.0 Å². The van der Waals surface area contributed by atoms with E-state index < -0.39 is 0 Å². The summed E-state index contributed by atoms with van der Waals surface area (Å²) >= 11 is 0. The van der Waals surface area contributed by atoms with Gasteiger partial charge < -0.3 is 15.0 Å². The lowest BCUT2D eigenvalue weighted by atomic mass is 10.1. The van der Waals surface area contributed by atoms with Crippen molar-refractivity contribution in [3.05, 3.63) is 48.5 Å². The summed E-state index contributed by atoms with van der Waals surface area (Å²) in [6.45, 7) is 2.61. The molecule has 0 bridgehead atoms. The van der Waals surface area contributed by atoms with E-state index in [1.807, 2.05) is 17.7 Å². The van der Waals surface area contributed by atoms with Gasteiger partial charge in [-0.15, -0.1) is 0 Å². The Hall–Kier alpha value is -2.30. The van der Waals surface area contributed by atoms with E-state index in [1.54, 1.807) is 36.8 Å². The first-order valence-electron chi connectivity index (χ1n) is 6.17. The number of hydrogen-bond acceptors (Lipinski definition) is 3. The van der Waals surface area contributed by atoms with Crippen molar-refractivity contribution in [3.8, 4) is 5.75 Å². The largest absolute Gasteiger partial charge is 0.508 e. The molecule has 2 rings (SSSR count). The number of benzene rings is 1. The van der Waals surface area contributed by atoms with Gasteiger partial charge in [0.25, 0.3) is 0 Å². The van der Waals surface area contributed by atoms with Crippen LogP contribution in [0.3, 0.4) is 0 Å². The molecule has 0 saturated carbocycles. The molecule has 1 aromatic carbocycles. The number of amides is 1. The number of para-hydroxylation sites is 1. The van der Waals surface area contributed by atoms with Gasteiger partial charge >= 0.3 is 0 Å². The molecule has 1 heterocycles. The highest BCUT2D eigenvalue weighted by Gasteiger charge is 2.10. The van der Waals surface area contributed by atoms with Gasteiger partial charge in [-0.25, -0.2) is 4.98 Å². The highest BCUT2D eigenvalue weighted by Crippen LogP contribution is 2.15. The lowest BCUT2D eigenvalue weighted by Gasteiger charge is -2.14. The maximum atomic E-state index is 11.9. The normalized spacial score (nSPS) is 12.1. The Kier molecular flexibility index (Phi) is 4.18. The zero-order valence-corrected chi connectivity index (χ0v) is 10.8. The number of nitrogens with zero attached hydrogens (tertiary/aromatic N) is 2. The van der Waals surface area contributed by atoms with Crippen molar-refractivity contribution in [1.29, 1.82) is 0 Å². The number of aromatic hydroxyl groups is 1. The Labute approximate surface area is 111 Å². The molecule has 0 aliphatic heterocycles. The van der Waals surface area contributed by atoms with Crippen molar-refractivity contribution < 1.29 is 9.90 Å². The van der Waals surface area contributed by atoms with Crippen LogP contribution >= 0.6 is 0 Å². The minimum atomic E-state index is -0.103. The summed E-state index contributed by atoms with van der Waals surface area (Å²) in [5, 5.41) is 12.5. The molecule has 0 aliphatic rings. The molecule has 5 heteroatoms. The molecule has 0 radical (unpaired) electrons. The Bertz CT molecular complexity index is 537. The van der Waals surface area contributed by atoms with E-state index in [-0.39, 0.29) is 24.1 Å². The summed E-state index contributed by atoms with van der Waals surface area (Å²) in [5.41, 5.74) is 0.634. The van der Waals surface area contributed by atoms with Crippen molar-refractivity contribution in [2.45, 2.75) is 25.9 Å². The van der Waals surface area contributed by atoms with Crippen LogP contribution in [0.25, 0.3) is 0 Å². The number of phenols is 1. The van der Waals surface area contributed by atoms with Crippen molar-refractivity contribution in [3.63, 3.8) is 0 Å². The first-order chi connectivity index (χ1) is 9.15. The number of rotatable bonds is 5. The van der Waals surface area contributed by atoms with Crippen molar-refractivity contribution >= 4 is 5.91 Å². The highest BCUT2D eigenvalue weighted by molar-refractivity contribution is 5.79. The first-order valence-corrected chi connectivity index (χ1v) is 6.17. The molecule has 100 valence electrons. The maximum Gasteiger partial charge on any atom is 0.224 e. The van der Waals surface area contributed by atoms with Crippen LogP contribution in [0.5, 0.6) is 5.75 Å². The van der Waals surface area contributed by atoms with Crippen molar-refractivity contribution in [1.82, 2.24) is 14.9 Å². The van der Waals surface area contributed by atoms with Crippen LogP contribution in [0, 0.1) is 0 Å². The van der Waals surface area contributed by atoms with E-state index in [2.05, 4.69) is 10.3 Å². The van der Waals surface area contributed by atoms with E-state index >= 15 is 0 Å². The lowest BCUT2D eigenvalue weighted by Crippen LogP contribution is -2.36. The quantitative estimate of drug-likeness (QED) is 0.851. The number of imidazole rings is 1. The van der Waals surface area contributed by atoms with Gasteiger partial charge in [-0.1, -0.05) is 18.2 Å². The standard InChI is InChI=1S/C14H17N3O2/c1-11(9-17-7-6-15-10-17)16-14(19)8-12-4-2-3-5-13(12)18/h2-7,10-11,18H,8-9H2,1H3,(H,16,19). The number of carbonyl (C=O) groups excluding carboxylic acids is 1. The predicted molar refractivity (Wildman–Crippen MR) is 71.6 cm³/mol. The summed E-state index contributed by atoms with van der Waals surface area (Å²) in [4.78, 5) is 15.8. The second-order valence-electron chi connectivity index (χ2n) is 4.53. The molecule has 0 aliphatic carbocycles. The average molecular weight is 259 g/mol. The Morgan fingerprint density at radius 1 is 1.47 bits per heavy atom. The summed E-state index contributed by atoms with van der Waals surface area (Å²) in [6.07, 6.45) is 5.45. The second-order valence-corrected chi connectivity index (χ2v) is 4.53. The Morgan fingerprint density at radius 3 is 2.95 bits per heavy atom. The van der Waals surface area contributed by atoms with Crippen LogP contribution in [0.4, 0.5) is 0 Å². The average Bonchev–Trinajstić information content (AvgIpc) is 2.84. The van der Waals surface area contributed by atoms with E-state index in [0.717, 1.165) is 0 Å². The predicted octanol–water partition coefficient (Wildman–Crippen LogP) is 1.34. The Balaban J connectivity index is 1.86. The molecular formula is C14H17N3O2. The Morgan fingerprint density at radius 2 is 2.26 bits per heavy atom. The fourth-order valence-electron chi connectivity index (χ4n) is 1.92. The number of hydrogen-bond donors (Lipinski definition) is 2. The van der Waals surface area contributed by atoms with Crippen LogP contribution in [0.1, 0.15) is 12.5 Å². The van der Waals surface area contributed by atoms with Crippen molar-refractivity contribution in [2.75, 3.05) is 0 Å². The number of nitrogens with one attached hydrogen (secondary N) is 1. The highest BCUT2D eigenvalue weighted by atomic mass is 16.3. The minimum absolute atomic E-state index is 0.00700. The zero-order valence-electron chi connectivity index (χ0n) is 10.8. The molecule has 1 amide bonds. The van der Waals surface area contributed by atoms with Gasteiger partial charge in [0.2, 0.25) is 5.91 Å². The fourth-order valence-corrected chi connectivity index (χ4v) is 1.92. The molecule has 19 heavy (non-hydrogen) atoms. The number of carbonyl (C=O) groups is 1. The van der Waals surface area contributed by atoms with Crippen LogP contribution < -0.4 is 5.32 Å². The third-order valence-corrected chi connectivity index (χ3v) is 2.79. The minimum Gasteiger partial charge on any atom is -0.508 e. The van der Waals surface area contributed by atoms with Crippen LogP contribution in [0.15, 0.2) is 43.0 Å². The molecular weight excluding hydrogens is 242 g/mol. The van der Waals surface area contributed by atoms with Gasteiger partial charge in [-0.3, -0.25) is 4.79 Å². The zero-order chi connectivity index (χ0) is 13.7. The molecule has 5 nitrogen and oxygen atoms in total. The smallest absolute Gasteiger partial charge is 0.224 e. The molecule has 2 aromatic rings. The van der Waals surface area contributed by atoms with Crippen molar-refractivity contribution in [2.24, 2.45) is 0 Å². The van der Waals surface area contributed by atoms with Crippen LogP contribution in [0.2, 0.25) is 0 Å². The molecule has 0 fully saturated rings. The maximum absolute atomic E-state index is 11.9. The van der Waals surface area contributed by atoms with E-state index in [4.69, 9.17) is 0 Å². The molecule has 1 aromatic heterocycles. The van der Waals surface area contributed by atoms with Gasteiger partial charge in [-0.2, -0.15) is 0 Å². The molecule has 1 atom stereocenters. The van der Waals surface area contributed by atoms with E-state index in [0.29, 0.717) is 12.1 Å². The summed E-state index contributed by atoms with van der Waals surface area (Å²) in [6, 6.07) is 6.87. The van der Waals surface area contributed by atoms with Gasteiger partial charge in [0, 0.05) is 30.5 Å². The molecule has 0 saturated heterocycles. The fraction of sp³-hybridized carbons (Fsp3) is 0.286. The third-order valence-electron chi connectivity index (χ3n) is 2.79. The van der Waals surface area contributed by atoms with Gasteiger partial charge in [0.05, 0.1) is 12.7 Å². The lowest BCUT2D eigenvalue weighted by molar-refractivity contribution is -0.121. The van der Waals surface area contributed by atoms with E-state index in [1.165, 1.54) is 0 Å². The number of aromatic nitrogens is 2. The van der Waals surface area contributed by atoms with Crippen LogP contribution in [-0.2, 0) is 17.8 Å². The first kappa shape index (κ1) is 13.1. The van der Waals surface area contributed by atoms with Gasteiger partial charge in [0.1, 0.15) is 5.75 Å². The van der Waals surface area contributed by atoms with E-state index in [9.17, 15) is 9.90 Å². The SMILES string of the molecule is CC(Cn1ccnc1)NC(=O)Cc1ccccc1O. The third kappa shape index (κ3) is 3.84. The van der Waals surface area contributed by atoms with Gasteiger partial charge in [0.15, 0.2) is 0 Å².